The molecule has 5 rings (SSSR count). The fourth-order valence-electron chi connectivity index (χ4n) is 5.95. The molecule has 0 fully saturated rings. The van der Waals surface area contributed by atoms with Gasteiger partial charge in [-0.2, -0.15) is 10.5 Å². The number of carbonyl (C=O) groups excluding carboxylic acids is 1. The molecular weight excluding hydrogens is 534 g/mol. The van der Waals surface area contributed by atoms with Crippen LogP contribution in [-0.2, 0) is 0 Å². The van der Waals surface area contributed by atoms with Gasteiger partial charge in [0.1, 0.15) is 17.7 Å². The molecule has 0 amide bonds. The summed E-state index contributed by atoms with van der Waals surface area (Å²) in [4.78, 5) is 18.2. The first-order chi connectivity index (χ1) is 20.7. The molecule has 212 valence electrons. The van der Waals surface area contributed by atoms with Crippen LogP contribution in [-0.4, -0.2) is 12.3 Å². The SMILES string of the molecule is CCCCCCCCCCCCN1c2ccccc2Sc2cc(C=C3C(=O)c4ccccc4C3=C(C#N)C#N)ccc21. The molecular formula is C37H37N3OS. The summed E-state index contributed by atoms with van der Waals surface area (Å²) in [5.41, 5.74) is 5.28. The Balaban J connectivity index is 1.34. The molecule has 4 nitrogen and oxygen atoms in total. The lowest BCUT2D eigenvalue weighted by molar-refractivity contribution is 0.104. The van der Waals surface area contributed by atoms with E-state index in [0.717, 1.165) is 23.4 Å². The molecule has 0 spiro atoms. The zero-order valence-corrected chi connectivity index (χ0v) is 25.2. The summed E-state index contributed by atoms with van der Waals surface area (Å²) in [6.45, 7) is 3.24. The Morgan fingerprint density at radius 2 is 1.38 bits per heavy atom. The van der Waals surface area contributed by atoms with E-state index in [1.165, 1.54) is 74.1 Å². The Kier molecular flexibility index (Phi) is 9.96. The summed E-state index contributed by atoms with van der Waals surface area (Å²) >= 11 is 1.75. The third kappa shape index (κ3) is 6.38. The van der Waals surface area contributed by atoms with E-state index in [4.69, 9.17) is 0 Å². The molecule has 0 atom stereocenters. The number of unbranched alkanes of at least 4 members (excludes halogenated alkanes) is 9. The lowest BCUT2D eigenvalue weighted by atomic mass is 9.98. The molecule has 3 aromatic carbocycles. The number of ketones is 1. The van der Waals surface area contributed by atoms with Crippen LogP contribution in [0.3, 0.4) is 0 Å². The van der Waals surface area contributed by atoms with Gasteiger partial charge in [-0.05, 0) is 47.9 Å². The number of Topliss-reactive ketones (excluding diaryl/α,β-unsaturated/α-hetero) is 1. The van der Waals surface area contributed by atoms with Crippen molar-refractivity contribution < 1.29 is 4.79 Å². The number of anilines is 2. The molecule has 0 unspecified atom stereocenters. The monoisotopic (exact) mass is 571 g/mol. The highest BCUT2D eigenvalue weighted by molar-refractivity contribution is 7.99. The maximum atomic E-state index is 13.4. The second-order valence-electron chi connectivity index (χ2n) is 11.0. The largest absolute Gasteiger partial charge is 0.340 e. The maximum absolute atomic E-state index is 13.4. The van der Waals surface area contributed by atoms with Crippen molar-refractivity contribution in [3.63, 3.8) is 0 Å². The zero-order chi connectivity index (χ0) is 29.3. The van der Waals surface area contributed by atoms with Gasteiger partial charge in [-0.15, -0.1) is 0 Å². The van der Waals surface area contributed by atoms with Crippen molar-refractivity contribution in [1.29, 1.82) is 10.5 Å². The number of fused-ring (bicyclic) bond motifs is 3. The van der Waals surface area contributed by atoms with E-state index in [-0.39, 0.29) is 11.4 Å². The molecule has 1 heterocycles. The second-order valence-corrected chi connectivity index (χ2v) is 12.1. The number of nitriles is 2. The van der Waals surface area contributed by atoms with Crippen LogP contribution in [0.1, 0.15) is 92.6 Å². The first kappa shape index (κ1) is 29.4. The topological polar surface area (TPSA) is 67.9 Å². The smallest absolute Gasteiger partial charge is 0.194 e. The predicted molar refractivity (Wildman–Crippen MR) is 173 cm³/mol. The number of nitrogens with zero attached hydrogens (tertiary/aromatic N) is 3. The molecule has 5 heteroatoms. The van der Waals surface area contributed by atoms with E-state index in [9.17, 15) is 15.3 Å². The highest BCUT2D eigenvalue weighted by Gasteiger charge is 2.32. The van der Waals surface area contributed by atoms with Crippen LogP contribution in [0.15, 0.2) is 87.7 Å². The first-order valence-electron chi connectivity index (χ1n) is 15.3. The van der Waals surface area contributed by atoms with E-state index in [2.05, 4.69) is 48.2 Å². The molecule has 0 saturated heterocycles. The highest BCUT2D eigenvalue weighted by Crippen LogP contribution is 2.49. The summed E-state index contributed by atoms with van der Waals surface area (Å²) in [7, 11) is 0. The fourth-order valence-corrected chi connectivity index (χ4v) is 7.10. The third-order valence-corrected chi connectivity index (χ3v) is 9.24. The number of para-hydroxylation sites is 1. The van der Waals surface area contributed by atoms with Crippen LogP contribution in [0, 0.1) is 22.7 Å². The average Bonchev–Trinajstić information content (AvgIpc) is 3.29. The van der Waals surface area contributed by atoms with Gasteiger partial charge in [0.25, 0.3) is 0 Å². The number of hydrogen-bond donors (Lipinski definition) is 0. The van der Waals surface area contributed by atoms with Gasteiger partial charge in [-0.3, -0.25) is 4.79 Å². The minimum atomic E-state index is -0.151. The Bertz CT molecular complexity index is 1590. The lowest BCUT2D eigenvalue weighted by Gasteiger charge is -2.33. The Labute approximate surface area is 254 Å². The van der Waals surface area contributed by atoms with Gasteiger partial charge in [0, 0.05) is 33.0 Å². The number of allylic oxidation sites excluding steroid dienone is 3. The molecule has 0 radical (unpaired) electrons. The average molecular weight is 572 g/mol. The number of hydrogen-bond acceptors (Lipinski definition) is 5. The van der Waals surface area contributed by atoms with Crippen molar-refractivity contribution in [2.45, 2.75) is 80.9 Å². The van der Waals surface area contributed by atoms with Crippen molar-refractivity contribution in [2.75, 3.05) is 11.4 Å². The van der Waals surface area contributed by atoms with E-state index in [0.29, 0.717) is 22.3 Å². The normalized spacial score (nSPS) is 14.3. The molecule has 0 N–H and O–H groups in total. The standard InChI is InChI=1S/C37H37N3OS/c1-2-3-4-5-6-7-8-9-10-15-22-40-32-18-13-14-19-34(32)42-35-24-27(20-21-33(35)40)23-31-36(28(25-38)26-39)29-16-11-12-17-30(29)37(31)41/h11-14,16-21,23-24H,2-10,15,22H2,1H3. The Morgan fingerprint density at radius 1 is 0.762 bits per heavy atom. The van der Waals surface area contributed by atoms with Gasteiger partial charge in [0.2, 0.25) is 0 Å². The van der Waals surface area contributed by atoms with Crippen molar-refractivity contribution in [1.82, 2.24) is 0 Å². The van der Waals surface area contributed by atoms with Gasteiger partial charge in [-0.25, -0.2) is 0 Å². The quantitative estimate of drug-likeness (QED) is 0.123. The van der Waals surface area contributed by atoms with Gasteiger partial charge in [-0.1, -0.05) is 119 Å². The maximum Gasteiger partial charge on any atom is 0.194 e. The molecule has 0 saturated carbocycles. The number of benzene rings is 3. The summed E-state index contributed by atoms with van der Waals surface area (Å²) < 4.78 is 0. The van der Waals surface area contributed by atoms with Crippen molar-refractivity contribution in [2.24, 2.45) is 0 Å². The highest BCUT2D eigenvalue weighted by atomic mass is 32.2. The van der Waals surface area contributed by atoms with Crippen LogP contribution in [0.25, 0.3) is 11.6 Å². The summed E-state index contributed by atoms with van der Waals surface area (Å²) in [6.07, 6.45) is 15.0. The van der Waals surface area contributed by atoms with Crippen LogP contribution in [0.4, 0.5) is 11.4 Å². The minimum Gasteiger partial charge on any atom is -0.340 e. The van der Waals surface area contributed by atoms with Gasteiger partial charge < -0.3 is 4.90 Å². The van der Waals surface area contributed by atoms with Crippen LogP contribution < -0.4 is 4.90 Å². The molecule has 2 aliphatic rings. The molecule has 0 aromatic heterocycles. The Morgan fingerprint density at radius 3 is 2.10 bits per heavy atom. The van der Waals surface area contributed by atoms with Crippen molar-refractivity contribution >= 4 is 40.6 Å². The molecule has 3 aromatic rings. The first-order valence-corrected chi connectivity index (χ1v) is 16.1. The van der Waals surface area contributed by atoms with E-state index in [1.54, 1.807) is 17.8 Å². The fraction of sp³-hybridized carbons (Fsp3) is 0.324. The molecule has 1 aliphatic carbocycles. The van der Waals surface area contributed by atoms with E-state index in [1.807, 2.05) is 42.5 Å². The van der Waals surface area contributed by atoms with E-state index < -0.39 is 0 Å². The second kappa shape index (κ2) is 14.2. The van der Waals surface area contributed by atoms with Crippen molar-refractivity contribution in [3.05, 3.63) is 94.6 Å². The van der Waals surface area contributed by atoms with Crippen LogP contribution in [0.2, 0.25) is 0 Å². The van der Waals surface area contributed by atoms with Crippen molar-refractivity contribution in [3.8, 4) is 12.1 Å². The number of carbonyl (C=O) groups is 1. The third-order valence-electron chi connectivity index (χ3n) is 8.13. The summed E-state index contributed by atoms with van der Waals surface area (Å²) in [5.74, 6) is -0.151. The van der Waals surface area contributed by atoms with Crippen LogP contribution >= 0.6 is 11.8 Å². The molecule has 0 bridgehead atoms. The molecule has 42 heavy (non-hydrogen) atoms. The zero-order valence-electron chi connectivity index (χ0n) is 24.4. The predicted octanol–water partition coefficient (Wildman–Crippen LogP) is 10.3. The molecule has 1 aliphatic heterocycles. The van der Waals surface area contributed by atoms with Crippen LogP contribution in [0.5, 0.6) is 0 Å². The minimum absolute atomic E-state index is 0.0384. The van der Waals surface area contributed by atoms with Gasteiger partial charge in [0.05, 0.1) is 11.4 Å². The van der Waals surface area contributed by atoms with Gasteiger partial charge >= 0.3 is 0 Å². The van der Waals surface area contributed by atoms with E-state index >= 15 is 0 Å². The number of rotatable bonds is 12. The Hall–Kier alpha value is -4.06. The van der Waals surface area contributed by atoms with Gasteiger partial charge in [0.15, 0.2) is 5.78 Å². The summed E-state index contributed by atoms with van der Waals surface area (Å²) in [5, 5.41) is 19.3. The summed E-state index contributed by atoms with van der Waals surface area (Å²) in [6, 6.07) is 26.1. The lowest BCUT2D eigenvalue weighted by Crippen LogP contribution is -2.22.